The van der Waals surface area contributed by atoms with Gasteiger partial charge in [0, 0.05) is 17.2 Å². The summed E-state index contributed by atoms with van der Waals surface area (Å²) < 4.78 is 1.04. The number of likely N-dealkylation sites (N-methyl/N-ethyl adjacent to an activating group) is 1. The van der Waals surface area contributed by atoms with E-state index in [9.17, 15) is 4.79 Å². The second kappa shape index (κ2) is 5.00. The maximum absolute atomic E-state index is 11.0. The normalized spacial score (nSPS) is 9.64. The molecular weight excluding hydrogens is 244 g/mol. The van der Waals surface area contributed by atoms with Crippen molar-refractivity contribution in [3.63, 3.8) is 0 Å². The molecule has 0 spiro atoms. The fraction of sp³-hybridized carbons (Fsp3) is 0.300. The van der Waals surface area contributed by atoms with Gasteiger partial charge in [0.05, 0.1) is 6.54 Å². The van der Waals surface area contributed by atoms with E-state index in [1.807, 2.05) is 25.1 Å². The quantitative estimate of drug-likeness (QED) is 0.868. The molecule has 0 aliphatic carbocycles. The predicted molar refractivity (Wildman–Crippen MR) is 61.4 cm³/mol. The summed E-state index contributed by atoms with van der Waals surface area (Å²) >= 11 is 3.43. The van der Waals surface area contributed by atoms with Crippen LogP contribution in [0.1, 0.15) is 5.56 Å². The molecule has 0 fully saturated rings. The average molecular weight is 257 g/mol. The highest BCUT2D eigenvalue weighted by molar-refractivity contribution is 9.10. The Bertz CT molecular complexity index is 339. The average Bonchev–Trinajstić information content (AvgIpc) is 2.19. The Morgan fingerprint density at radius 3 is 2.79 bits per heavy atom. The monoisotopic (exact) mass is 256 g/mol. The van der Waals surface area contributed by atoms with Gasteiger partial charge < -0.3 is 10.6 Å². The number of aryl methyl sites for hydroxylation is 1. The van der Waals surface area contributed by atoms with Crippen molar-refractivity contribution in [3.8, 4) is 0 Å². The first-order valence-electron chi connectivity index (χ1n) is 4.34. The molecular formula is C10H13BrN2O. The molecule has 0 bridgehead atoms. The fourth-order valence-corrected chi connectivity index (χ4v) is 1.35. The molecule has 1 aromatic rings. The summed E-state index contributed by atoms with van der Waals surface area (Å²) in [5.41, 5.74) is 2.11. The molecule has 1 rings (SSSR count). The zero-order valence-electron chi connectivity index (χ0n) is 8.23. The van der Waals surface area contributed by atoms with E-state index in [1.165, 1.54) is 5.56 Å². The van der Waals surface area contributed by atoms with Crippen molar-refractivity contribution in [2.75, 3.05) is 18.9 Å². The first-order chi connectivity index (χ1) is 6.63. The van der Waals surface area contributed by atoms with Crippen LogP contribution < -0.4 is 10.6 Å². The van der Waals surface area contributed by atoms with Crippen LogP contribution in [-0.4, -0.2) is 19.5 Å². The van der Waals surface area contributed by atoms with Crippen molar-refractivity contribution < 1.29 is 4.79 Å². The molecule has 14 heavy (non-hydrogen) atoms. The highest BCUT2D eigenvalue weighted by Gasteiger charge is 1.99. The first kappa shape index (κ1) is 11.0. The molecule has 1 aromatic carbocycles. The van der Waals surface area contributed by atoms with Gasteiger partial charge >= 0.3 is 0 Å². The van der Waals surface area contributed by atoms with Crippen molar-refractivity contribution in [2.24, 2.45) is 0 Å². The predicted octanol–water partition coefficient (Wildman–Crippen LogP) is 1.92. The molecule has 0 unspecified atom stereocenters. The number of benzene rings is 1. The van der Waals surface area contributed by atoms with Crippen LogP contribution in [0.5, 0.6) is 0 Å². The van der Waals surface area contributed by atoms with E-state index in [2.05, 4.69) is 26.6 Å². The van der Waals surface area contributed by atoms with Crippen LogP contribution in [0, 0.1) is 6.92 Å². The summed E-state index contributed by atoms with van der Waals surface area (Å²) in [6, 6.07) is 5.90. The van der Waals surface area contributed by atoms with Crippen LogP contribution >= 0.6 is 15.9 Å². The number of rotatable bonds is 3. The zero-order valence-corrected chi connectivity index (χ0v) is 9.81. The molecule has 0 aliphatic rings. The smallest absolute Gasteiger partial charge is 0.239 e. The van der Waals surface area contributed by atoms with E-state index < -0.39 is 0 Å². The van der Waals surface area contributed by atoms with Gasteiger partial charge in [-0.25, -0.2) is 0 Å². The lowest BCUT2D eigenvalue weighted by Gasteiger charge is -2.06. The van der Waals surface area contributed by atoms with Gasteiger partial charge in [-0.3, -0.25) is 4.79 Å². The standard InChI is InChI=1S/C10H13BrN2O/c1-7-3-4-8(5-9(7)11)13-6-10(14)12-2/h3-5,13H,6H2,1-2H3,(H,12,14). The Labute approximate surface area is 92.0 Å². The van der Waals surface area contributed by atoms with Gasteiger partial charge in [-0.1, -0.05) is 22.0 Å². The van der Waals surface area contributed by atoms with E-state index in [4.69, 9.17) is 0 Å². The largest absolute Gasteiger partial charge is 0.376 e. The lowest BCUT2D eigenvalue weighted by molar-refractivity contribution is -0.118. The maximum atomic E-state index is 11.0. The minimum absolute atomic E-state index is 0.0262. The molecule has 3 nitrogen and oxygen atoms in total. The molecule has 76 valence electrons. The third-order valence-corrected chi connectivity index (χ3v) is 2.76. The Morgan fingerprint density at radius 1 is 1.50 bits per heavy atom. The van der Waals surface area contributed by atoms with Gasteiger partial charge in [0.2, 0.25) is 5.91 Å². The Hall–Kier alpha value is -1.03. The van der Waals surface area contributed by atoms with Crippen molar-refractivity contribution in [1.82, 2.24) is 5.32 Å². The van der Waals surface area contributed by atoms with E-state index in [0.29, 0.717) is 6.54 Å². The molecule has 0 aliphatic heterocycles. The number of nitrogens with one attached hydrogen (secondary N) is 2. The zero-order chi connectivity index (χ0) is 10.6. The lowest BCUT2D eigenvalue weighted by atomic mass is 10.2. The van der Waals surface area contributed by atoms with E-state index in [1.54, 1.807) is 7.05 Å². The van der Waals surface area contributed by atoms with Crippen LogP contribution in [0.3, 0.4) is 0 Å². The molecule has 0 atom stereocenters. The van der Waals surface area contributed by atoms with Crippen molar-refractivity contribution in [2.45, 2.75) is 6.92 Å². The summed E-state index contributed by atoms with van der Waals surface area (Å²) in [6.07, 6.45) is 0. The van der Waals surface area contributed by atoms with Crippen molar-refractivity contribution >= 4 is 27.5 Å². The van der Waals surface area contributed by atoms with Gasteiger partial charge in [-0.05, 0) is 24.6 Å². The Kier molecular flexibility index (Phi) is 3.95. The SMILES string of the molecule is CNC(=O)CNc1ccc(C)c(Br)c1. The second-order valence-corrected chi connectivity index (χ2v) is 3.85. The van der Waals surface area contributed by atoms with Gasteiger partial charge in [0.15, 0.2) is 0 Å². The van der Waals surface area contributed by atoms with Crippen LogP contribution in [0.2, 0.25) is 0 Å². The second-order valence-electron chi connectivity index (χ2n) is 2.99. The van der Waals surface area contributed by atoms with Crippen LogP contribution in [0.4, 0.5) is 5.69 Å². The fourth-order valence-electron chi connectivity index (χ4n) is 0.974. The number of halogens is 1. The molecule has 1 amide bonds. The van der Waals surface area contributed by atoms with Gasteiger partial charge in [0.25, 0.3) is 0 Å². The minimum Gasteiger partial charge on any atom is -0.376 e. The van der Waals surface area contributed by atoms with E-state index >= 15 is 0 Å². The molecule has 0 aromatic heterocycles. The van der Waals surface area contributed by atoms with Gasteiger partial charge in [0.1, 0.15) is 0 Å². The lowest BCUT2D eigenvalue weighted by Crippen LogP contribution is -2.26. The first-order valence-corrected chi connectivity index (χ1v) is 5.13. The van der Waals surface area contributed by atoms with E-state index in [0.717, 1.165) is 10.2 Å². The Balaban J connectivity index is 2.60. The maximum Gasteiger partial charge on any atom is 0.239 e. The summed E-state index contributed by atoms with van der Waals surface area (Å²) in [5.74, 6) is -0.0262. The molecule has 0 radical (unpaired) electrons. The highest BCUT2D eigenvalue weighted by Crippen LogP contribution is 2.20. The molecule has 4 heteroatoms. The molecule has 0 saturated carbocycles. The molecule has 0 heterocycles. The van der Waals surface area contributed by atoms with Crippen LogP contribution in [0.15, 0.2) is 22.7 Å². The van der Waals surface area contributed by atoms with Crippen LogP contribution in [-0.2, 0) is 4.79 Å². The van der Waals surface area contributed by atoms with Crippen LogP contribution in [0.25, 0.3) is 0 Å². The summed E-state index contributed by atoms with van der Waals surface area (Å²) in [6.45, 7) is 2.32. The van der Waals surface area contributed by atoms with E-state index in [-0.39, 0.29) is 5.91 Å². The topological polar surface area (TPSA) is 41.1 Å². The molecule has 0 saturated heterocycles. The summed E-state index contributed by atoms with van der Waals surface area (Å²) in [5, 5.41) is 5.57. The number of carbonyl (C=O) groups excluding carboxylic acids is 1. The number of hydrogen-bond acceptors (Lipinski definition) is 2. The van der Waals surface area contributed by atoms with Crippen molar-refractivity contribution in [1.29, 1.82) is 0 Å². The number of hydrogen-bond donors (Lipinski definition) is 2. The molecule has 2 N–H and O–H groups in total. The Morgan fingerprint density at radius 2 is 2.21 bits per heavy atom. The summed E-state index contributed by atoms with van der Waals surface area (Å²) in [4.78, 5) is 11.0. The number of amides is 1. The van der Waals surface area contributed by atoms with Crippen molar-refractivity contribution in [3.05, 3.63) is 28.2 Å². The number of anilines is 1. The minimum atomic E-state index is -0.0262. The third-order valence-electron chi connectivity index (χ3n) is 1.90. The number of carbonyl (C=O) groups is 1. The third kappa shape index (κ3) is 3.03. The highest BCUT2D eigenvalue weighted by atomic mass is 79.9. The summed E-state index contributed by atoms with van der Waals surface area (Å²) in [7, 11) is 1.62. The van der Waals surface area contributed by atoms with Gasteiger partial charge in [-0.2, -0.15) is 0 Å². The van der Waals surface area contributed by atoms with Gasteiger partial charge in [-0.15, -0.1) is 0 Å².